The van der Waals surface area contributed by atoms with Crippen molar-refractivity contribution in [2.45, 2.75) is 84.0 Å². The van der Waals surface area contributed by atoms with Gasteiger partial charge >= 0.3 is 0 Å². The van der Waals surface area contributed by atoms with E-state index in [1.54, 1.807) is 0 Å². The highest BCUT2D eigenvalue weighted by Gasteiger charge is 1.98. The summed E-state index contributed by atoms with van der Waals surface area (Å²) in [6, 6.07) is 15.4. The average Bonchev–Trinajstić information content (AvgIpc) is 2.65. The van der Waals surface area contributed by atoms with Gasteiger partial charge in [0.2, 0.25) is 0 Å². The number of hydrogen-bond donors (Lipinski definition) is 0. The van der Waals surface area contributed by atoms with Gasteiger partial charge in [0.1, 0.15) is 0 Å². The number of aryl methyl sites for hydroxylation is 1. The van der Waals surface area contributed by atoms with E-state index in [4.69, 9.17) is 0 Å². The second-order valence-electron chi connectivity index (χ2n) is 7.27. The van der Waals surface area contributed by atoms with Crippen molar-refractivity contribution in [3.05, 3.63) is 60.2 Å². The Morgan fingerprint density at radius 1 is 0.640 bits per heavy atom. The van der Waals surface area contributed by atoms with Crippen LogP contribution in [0.2, 0.25) is 0 Å². The second-order valence-corrected chi connectivity index (χ2v) is 7.27. The maximum Gasteiger partial charge on any atom is -0.0152 e. The second kappa shape index (κ2) is 12.8. The lowest BCUT2D eigenvalue weighted by Gasteiger charge is -2.04. The summed E-state index contributed by atoms with van der Waals surface area (Å²) >= 11 is 0. The molecule has 0 N–H and O–H groups in total. The molecule has 0 heteroatoms. The standard InChI is InChI=1S/C25H36/c1-2-3-4-5-6-7-8-9-10-11-12-13-14-18-23-20-17-21-24-19-15-16-22-25(23)24/h12-13,15-17,19-22H,2-11,14,18H2,1H3/b13-12+. The largest absolute Gasteiger partial charge is 0.0885 e. The molecule has 2 aromatic rings. The highest BCUT2D eigenvalue weighted by atomic mass is 14.0. The van der Waals surface area contributed by atoms with Crippen molar-refractivity contribution in [1.29, 1.82) is 0 Å². The lowest BCUT2D eigenvalue weighted by Crippen LogP contribution is -1.86. The van der Waals surface area contributed by atoms with Gasteiger partial charge in [-0.15, -0.1) is 0 Å². The van der Waals surface area contributed by atoms with Crippen molar-refractivity contribution in [2.75, 3.05) is 0 Å². The van der Waals surface area contributed by atoms with Crippen LogP contribution in [0.5, 0.6) is 0 Å². The van der Waals surface area contributed by atoms with Crippen molar-refractivity contribution in [1.82, 2.24) is 0 Å². The van der Waals surface area contributed by atoms with E-state index in [1.165, 1.54) is 80.5 Å². The molecule has 0 nitrogen and oxygen atoms in total. The molecule has 25 heavy (non-hydrogen) atoms. The zero-order chi connectivity index (χ0) is 17.6. The van der Waals surface area contributed by atoms with Gasteiger partial charge in [-0.1, -0.05) is 113 Å². The first-order chi connectivity index (χ1) is 12.4. The summed E-state index contributed by atoms with van der Waals surface area (Å²) in [6.45, 7) is 2.29. The zero-order valence-corrected chi connectivity index (χ0v) is 16.2. The van der Waals surface area contributed by atoms with Crippen LogP contribution in [-0.2, 0) is 6.42 Å². The Hall–Kier alpha value is -1.56. The topological polar surface area (TPSA) is 0 Å². The van der Waals surface area contributed by atoms with Gasteiger partial charge in [0.05, 0.1) is 0 Å². The summed E-state index contributed by atoms with van der Waals surface area (Å²) in [7, 11) is 0. The van der Waals surface area contributed by atoms with Crippen LogP contribution in [0.1, 0.15) is 83.1 Å². The molecule has 0 spiro atoms. The fraction of sp³-hybridized carbons (Fsp3) is 0.520. The maximum absolute atomic E-state index is 2.40. The molecule has 0 radical (unpaired) electrons. The number of fused-ring (bicyclic) bond motifs is 1. The maximum atomic E-state index is 2.40. The Kier molecular flexibility index (Phi) is 10.1. The summed E-state index contributed by atoms with van der Waals surface area (Å²) in [5.74, 6) is 0. The van der Waals surface area contributed by atoms with Crippen molar-refractivity contribution in [2.24, 2.45) is 0 Å². The van der Waals surface area contributed by atoms with Crippen LogP contribution < -0.4 is 0 Å². The molecule has 0 aliphatic rings. The molecule has 2 aromatic carbocycles. The van der Waals surface area contributed by atoms with Gasteiger partial charge in [0.15, 0.2) is 0 Å². The van der Waals surface area contributed by atoms with Gasteiger partial charge in [-0.3, -0.25) is 0 Å². The SMILES string of the molecule is CCCCCCCCCCC/C=C/CCc1cccc2ccccc12. The third-order valence-corrected chi connectivity index (χ3v) is 5.10. The molecule has 2 rings (SSSR count). The van der Waals surface area contributed by atoms with Crippen molar-refractivity contribution in [3.8, 4) is 0 Å². The average molecular weight is 337 g/mol. The van der Waals surface area contributed by atoms with E-state index in [9.17, 15) is 0 Å². The molecule has 0 bridgehead atoms. The third-order valence-electron chi connectivity index (χ3n) is 5.10. The summed E-state index contributed by atoms with van der Waals surface area (Å²) < 4.78 is 0. The summed E-state index contributed by atoms with van der Waals surface area (Å²) in [4.78, 5) is 0. The van der Waals surface area contributed by atoms with Crippen molar-refractivity contribution < 1.29 is 0 Å². The molecule has 0 aliphatic carbocycles. The van der Waals surface area contributed by atoms with Crippen LogP contribution >= 0.6 is 0 Å². The fourth-order valence-corrected chi connectivity index (χ4v) is 3.56. The van der Waals surface area contributed by atoms with Crippen LogP contribution in [-0.4, -0.2) is 0 Å². The van der Waals surface area contributed by atoms with E-state index in [-0.39, 0.29) is 0 Å². The first-order valence-electron chi connectivity index (χ1n) is 10.5. The van der Waals surface area contributed by atoms with Crippen LogP contribution in [0.3, 0.4) is 0 Å². The molecule has 0 unspecified atom stereocenters. The van der Waals surface area contributed by atoms with E-state index in [2.05, 4.69) is 61.5 Å². The molecule has 0 atom stereocenters. The lowest BCUT2D eigenvalue weighted by molar-refractivity contribution is 0.566. The number of benzene rings is 2. The predicted octanol–water partition coefficient (Wildman–Crippen LogP) is 8.25. The Morgan fingerprint density at radius 3 is 2.08 bits per heavy atom. The highest BCUT2D eigenvalue weighted by molar-refractivity contribution is 5.85. The summed E-state index contributed by atoms with van der Waals surface area (Å²) in [5, 5.41) is 2.77. The molecule has 0 aromatic heterocycles. The van der Waals surface area contributed by atoms with E-state index < -0.39 is 0 Å². The molecule has 0 saturated carbocycles. The van der Waals surface area contributed by atoms with Gasteiger partial charge in [-0.2, -0.15) is 0 Å². The van der Waals surface area contributed by atoms with Crippen molar-refractivity contribution in [3.63, 3.8) is 0 Å². The van der Waals surface area contributed by atoms with Gasteiger partial charge in [0.25, 0.3) is 0 Å². The number of rotatable bonds is 13. The highest BCUT2D eigenvalue weighted by Crippen LogP contribution is 2.20. The number of hydrogen-bond acceptors (Lipinski definition) is 0. The van der Waals surface area contributed by atoms with Gasteiger partial charge in [-0.05, 0) is 42.0 Å². The quantitative estimate of drug-likeness (QED) is 0.255. The van der Waals surface area contributed by atoms with Gasteiger partial charge in [0, 0.05) is 0 Å². The Morgan fingerprint density at radius 2 is 1.28 bits per heavy atom. The molecule has 0 aliphatic heterocycles. The summed E-state index contributed by atoms with van der Waals surface area (Å²) in [6.07, 6.45) is 21.1. The summed E-state index contributed by atoms with van der Waals surface area (Å²) in [5.41, 5.74) is 1.48. The van der Waals surface area contributed by atoms with Crippen LogP contribution in [0.15, 0.2) is 54.6 Å². The monoisotopic (exact) mass is 336 g/mol. The van der Waals surface area contributed by atoms with E-state index in [0.29, 0.717) is 0 Å². The molecule has 136 valence electrons. The fourth-order valence-electron chi connectivity index (χ4n) is 3.56. The Labute approximate surface area is 155 Å². The molecule has 0 fully saturated rings. The van der Waals surface area contributed by atoms with Crippen LogP contribution in [0.25, 0.3) is 10.8 Å². The minimum Gasteiger partial charge on any atom is -0.0885 e. The Bertz CT molecular complexity index is 603. The molecule has 0 saturated heterocycles. The molecule has 0 heterocycles. The predicted molar refractivity (Wildman–Crippen MR) is 113 cm³/mol. The van der Waals surface area contributed by atoms with Crippen LogP contribution in [0, 0.1) is 0 Å². The Balaban J connectivity index is 1.52. The number of allylic oxidation sites excluding steroid dienone is 2. The zero-order valence-electron chi connectivity index (χ0n) is 16.2. The van der Waals surface area contributed by atoms with E-state index >= 15 is 0 Å². The van der Waals surface area contributed by atoms with E-state index in [1.807, 2.05) is 0 Å². The number of unbranched alkanes of at least 4 members (excludes halogenated alkanes) is 9. The van der Waals surface area contributed by atoms with Crippen molar-refractivity contribution >= 4 is 10.8 Å². The third kappa shape index (κ3) is 7.90. The lowest BCUT2D eigenvalue weighted by atomic mass is 10.0. The minimum atomic E-state index is 1.15. The van der Waals surface area contributed by atoms with Crippen LogP contribution in [0.4, 0.5) is 0 Å². The first-order valence-corrected chi connectivity index (χ1v) is 10.5. The molecule has 0 amide bonds. The first kappa shape index (κ1) is 19.8. The molecular formula is C25H36. The minimum absolute atomic E-state index is 1.15. The van der Waals surface area contributed by atoms with Gasteiger partial charge < -0.3 is 0 Å². The molecular weight excluding hydrogens is 300 g/mol. The van der Waals surface area contributed by atoms with E-state index in [0.717, 1.165) is 12.8 Å². The smallest absolute Gasteiger partial charge is 0.0152 e. The normalized spacial score (nSPS) is 11.6. The van der Waals surface area contributed by atoms with Gasteiger partial charge in [-0.25, -0.2) is 0 Å².